The first-order valence-corrected chi connectivity index (χ1v) is 6.30. The Bertz CT molecular complexity index is 202. The lowest BCUT2D eigenvalue weighted by molar-refractivity contribution is 0.174. The molecular formula is C12H22N2. The van der Waals surface area contributed by atoms with E-state index in [1.54, 1.807) is 0 Å². The van der Waals surface area contributed by atoms with Crippen LogP contribution in [0.5, 0.6) is 0 Å². The summed E-state index contributed by atoms with van der Waals surface area (Å²) in [5.74, 6) is 2.17. The molecular weight excluding hydrogens is 172 g/mol. The van der Waals surface area contributed by atoms with Crippen molar-refractivity contribution in [1.82, 2.24) is 10.2 Å². The van der Waals surface area contributed by atoms with Crippen molar-refractivity contribution in [3.63, 3.8) is 0 Å². The van der Waals surface area contributed by atoms with Gasteiger partial charge in [0.15, 0.2) is 0 Å². The van der Waals surface area contributed by atoms with Crippen LogP contribution in [-0.4, -0.2) is 36.6 Å². The van der Waals surface area contributed by atoms with E-state index in [4.69, 9.17) is 0 Å². The number of nitrogens with zero attached hydrogens (tertiary/aromatic N) is 1. The van der Waals surface area contributed by atoms with Crippen LogP contribution in [0.4, 0.5) is 0 Å². The number of hydrogen-bond acceptors (Lipinski definition) is 2. The number of fused-ring (bicyclic) bond motifs is 1. The van der Waals surface area contributed by atoms with Crippen LogP contribution in [-0.2, 0) is 0 Å². The minimum atomic E-state index is 0.743. The molecule has 2 aliphatic heterocycles. The Morgan fingerprint density at radius 3 is 2.36 bits per heavy atom. The molecule has 3 fully saturated rings. The van der Waals surface area contributed by atoms with E-state index in [0.29, 0.717) is 0 Å². The quantitative estimate of drug-likeness (QED) is 0.680. The Labute approximate surface area is 87.0 Å². The first-order valence-electron chi connectivity index (χ1n) is 6.30. The normalized spacial score (nSPS) is 48.6. The van der Waals surface area contributed by atoms with Gasteiger partial charge < -0.3 is 5.32 Å². The summed E-state index contributed by atoms with van der Waals surface area (Å²) in [5.41, 5.74) is 0. The van der Waals surface area contributed by atoms with E-state index >= 15 is 0 Å². The maximum Gasteiger partial charge on any atom is 0.0122 e. The third kappa shape index (κ3) is 1.49. The summed E-state index contributed by atoms with van der Waals surface area (Å²) in [7, 11) is 0. The van der Waals surface area contributed by atoms with Crippen molar-refractivity contribution >= 4 is 0 Å². The van der Waals surface area contributed by atoms with Crippen molar-refractivity contribution in [3.8, 4) is 0 Å². The molecule has 0 aromatic heterocycles. The lowest BCUT2D eigenvalue weighted by Gasteiger charge is -2.34. The van der Waals surface area contributed by atoms with Crippen LogP contribution in [0, 0.1) is 11.8 Å². The molecule has 0 radical (unpaired) electrons. The van der Waals surface area contributed by atoms with Crippen LogP contribution in [0.1, 0.15) is 32.6 Å². The molecule has 4 unspecified atom stereocenters. The molecule has 2 heteroatoms. The maximum absolute atomic E-state index is 3.55. The zero-order valence-corrected chi connectivity index (χ0v) is 9.21. The number of rotatable bonds is 1. The largest absolute Gasteiger partial charge is 0.314 e. The number of likely N-dealkylation sites (tertiary alicyclic amines) is 1. The topological polar surface area (TPSA) is 15.3 Å². The summed E-state index contributed by atoms with van der Waals surface area (Å²) < 4.78 is 0. The second-order valence-electron chi connectivity index (χ2n) is 5.58. The van der Waals surface area contributed by atoms with E-state index in [2.05, 4.69) is 17.1 Å². The van der Waals surface area contributed by atoms with Gasteiger partial charge in [0.05, 0.1) is 0 Å². The molecule has 1 saturated carbocycles. The molecule has 0 aromatic rings. The van der Waals surface area contributed by atoms with Gasteiger partial charge in [0, 0.05) is 25.2 Å². The molecule has 0 amide bonds. The highest BCUT2D eigenvalue weighted by Gasteiger charge is 2.41. The summed E-state index contributed by atoms with van der Waals surface area (Å²) >= 11 is 0. The summed E-state index contributed by atoms with van der Waals surface area (Å²) in [6.07, 6.45) is 5.78. The minimum absolute atomic E-state index is 0.743. The maximum atomic E-state index is 3.55. The van der Waals surface area contributed by atoms with Gasteiger partial charge in [-0.2, -0.15) is 0 Å². The van der Waals surface area contributed by atoms with E-state index < -0.39 is 0 Å². The van der Waals surface area contributed by atoms with Crippen LogP contribution in [0.25, 0.3) is 0 Å². The predicted molar refractivity (Wildman–Crippen MR) is 58.3 cm³/mol. The molecule has 3 rings (SSSR count). The predicted octanol–water partition coefficient (Wildman–Crippen LogP) is 1.47. The van der Waals surface area contributed by atoms with Crippen molar-refractivity contribution < 1.29 is 0 Å². The summed E-state index contributed by atoms with van der Waals surface area (Å²) in [5, 5.41) is 3.55. The van der Waals surface area contributed by atoms with Crippen LogP contribution in [0.2, 0.25) is 0 Å². The molecule has 0 aromatic carbocycles. The SMILES string of the molecule is CC1CC(N2CC3CCC3C2)CCN1. The smallest absolute Gasteiger partial charge is 0.0122 e. The van der Waals surface area contributed by atoms with Crippen LogP contribution < -0.4 is 5.32 Å². The molecule has 1 N–H and O–H groups in total. The van der Waals surface area contributed by atoms with Crippen molar-refractivity contribution in [2.45, 2.75) is 44.7 Å². The lowest BCUT2D eigenvalue weighted by Crippen LogP contribution is -2.46. The molecule has 2 heterocycles. The third-order valence-corrected chi connectivity index (χ3v) is 4.63. The second kappa shape index (κ2) is 3.49. The Balaban J connectivity index is 1.59. The van der Waals surface area contributed by atoms with E-state index in [1.807, 2.05) is 0 Å². The van der Waals surface area contributed by atoms with Crippen molar-refractivity contribution in [3.05, 3.63) is 0 Å². The highest BCUT2D eigenvalue weighted by molar-refractivity contribution is 4.95. The van der Waals surface area contributed by atoms with Gasteiger partial charge in [0.25, 0.3) is 0 Å². The van der Waals surface area contributed by atoms with Crippen LogP contribution in [0.3, 0.4) is 0 Å². The highest BCUT2D eigenvalue weighted by Crippen LogP contribution is 2.41. The third-order valence-electron chi connectivity index (χ3n) is 4.63. The molecule has 1 aliphatic carbocycles. The van der Waals surface area contributed by atoms with Crippen molar-refractivity contribution in [2.75, 3.05) is 19.6 Å². The van der Waals surface area contributed by atoms with Gasteiger partial charge in [-0.3, -0.25) is 4.90 Å². The molecule has 4 atom stereocenters. The molecule has 14 heavy (non-hydrogen) atoms. The summed E-state index contributed by atoms with van der Waals surface area (Å²) in [6.45, 7) is 6.40. The zero-order valence-electron chi connectivity index (χ0n) is 9.21. The first-order chi connectivity index (χ1) is 6.83. The monoisotopic (exact) mass is 194 g/mol. The second-order valence-corrected chi connectivity index (χ2v) is 5.58. The van der Waals surface area contributed by atoms with Crippen LogP contribution >= 0.6 is 0 Å². The average molecular weight is 194 g/mol. The molecule has 0 bridgehead atoms. The van der Waals surface area contributed by atoms with E-state index in [0.717, 1.165) is 23.9 Å². The highest BCUT2D eigenvalue weighted by atomic mass is 15.2. The molecule has 2 saturated heterocycles. The summed E-state index contributed by atoms with van der Waals surface area (Å²) in [6, 6.07) is 1.64. The van der Waals surface area contributed by atoms with Gasteiger partial charge >= 0.3 is 0 Å². The van der Waals surface area contributed by atoms with Gasteiger partial charge in [0.2, 0.25) is 0 Å². The Kier molecular flexibility index (Phi) is 2.29. The molecule has 3 aliphatic rings. The molecule has 0 spiro atoms. The fourth-order valence-corrected chi connectivity index (χ4v) is 3.53. The standard InChI is InChI=1S/C12H22N2/c1-9-6-12(4-5-13-9)14-7-10-2-3-11(10)8-14/h9-13H,2-8H2,1H3. The molecule has 2 nitrogen and oxygen atoms in total. The fraction of sp³-hybridized carbons (Fsp3) is 1.00. The van der Waals surface area contributed by atoms with Gasteiger partial charge in [-0.1, -0.05) is 0 Å². The van der Waals surface area contributed by atoms with Crippen molar-refractivity contribution in [2.24, 2.45) is 11.8 Å². The van der Waals surface area contributed by atoms with Crippen molar-refractivity contribution in [1.29, 1.82) is 0 Å². The number of hydrogen-bond donors (Lipinski definition) is 1. The zero-order chi connectivity index (χ0) is 9.54. The van der Waals surface area contributed by atoms with Crippen LogP contribution in [0.15, 0.2) is 0 Å². The lowest BCUT2D eigenvalue weighted by atomic mass is 9.77. The van der Waals surface area contributed by atoms with E-state index in [1.165, 1.54) is 45.3 Å². The average Bonchev–Trinajstić information content (AvgIpc) is 2.43. The molecule has 80 valence electrons. The number of nitrogens with one attached hydrogen (secondary N) is 1. The van der Waals surface area contributed by atoms with Gasteiger partial charge in [-0.25, -0.2) is 0 Å². The number of piperidine rings is 1. The Morgan fingerprint density at radius 1 is 1.07 bits per heavy atom. The van der Waals surface area contributed by atoms with Gasteiger partial charge in [0.1, 0.15) is 0 Å². The van der Waals surface area contributed by atoms with E-state index in [9.17, 15) is 0 Å². The Hall–Kier alpha value is -0.0800. The summed E-state index contributed by atoms with van der Waals surface area (Å²) in [4.78, 5) is 2.79. The minimum Gasteiger partial charge on any atom is -0.314 e. The Morgan fingerprint density at radius 2 is 1.79 bits per heavy atom. The van der Waals surface area contributed by atoms with Gasteiger partial charge in [-0.15, -0.1) is 0 Å². The van der Waals surface area contributed by atoms with E-state index in [-0.39, 0.29) is 0 Å². The first kappa shape index (κ1) is 9.17. The fourth-order valence-electron chi connectivity index (χ4n) is 3.53. The van der Waals surface area contributed by atoms with Gasteiger partial charge in [-0.05, 0) is 51.0 Å².